The monoisotopic (exact) mass is 301 g/mol. The lowest BCUT2D eigenvalue weighted by Gasteiger charge is -2.36. The third-order valence-electron chi connectivity index (χ3n) is 4.71. The first-order chi connectivity index (χ1) is 10.7. The number of nitrogens with one attached hydrogen (secondary N) is 1. The molecule has 1 atom stereocenters. The SMILES string of the molecule is O=C(c1cccc2c1NCCC2)N1CCN2C(=O)OCC2C1. The minimum absolute atomic E-state index is 0.00213. The molecule has 3 aliphatic rings. The van der Waals surface area contributed by atoms with Gasteiger partial charge in [-0.2, -0.15) is 0 Å². The van der Waals surface area contributed by atoms with Crippen LogP contribution in [-0.4, -0.2) is 60.6 Å². The predicted octanol–water partition coefficient (Wildman–Crippen LogP) is 1.32. The molecule has 2 fully saturated rings. The Hall–Kier alpha value is -2.24. The van der Waals surface area contributed by atoms with Crippen molar-refractivity contribution in [2.75, 3.05) is 38.1 Å². The summed E-state index contributed by atoms with van der Waals surface area (Å²) in [6.45, 7) is 2.96. The Morgan fingerprint density at radius 3 is 3.14 bits per heavy atom. The number of para-hydroxylation sites is 1. The van der Waals surface area contributed by atoms with Gasteiger partial charge in [0, 0.05) is 26.2 Å². The van der Waals surface area contributed by atoms with Gasteiger partial charge in [-0.1, -0.05) is 12.1 Å². The molecule has 0 bridgehead atoms. The van der Waals surface area contributed by atoms with E-state index in [1.807, 2.05) is 17.0 Å². The Bertz CT molecular complexity index is 631. The Labute approximate surface area is 129 Å². The number of rotatable bonds is 1. The van der Waals surface area contributed by atoms with Gasteiger partial charge in [-0.05, 0) is 24.5 Å². The van der Waals surface area contributed by atoms with Gasteiger partial charge in [-0.25, -0.2) is 4.79 Å². The highest BCUT2D eigenvalue weighted by molar-refractivity contribution is 6.00. The average molecular weight is 301 g/mol. The van der Waals surface area contributed by atoms with Crippen LogP contribution in [0.25, 0.3) is 0 Å². The third-order valence-corrected chi connectivity index (χ3v) is 4.71. The van der Waals surface area contributed by atoms with Crippen LogP contribution in [0, 0.1) is 0 Å². The van der Waals surface area contributed by atoms with E-state index in [9.17, 15) is 9.59 Å². The number of piperazine rings is 1. The zero-order chi connectivity index (χ0) is 15.1. The molecule has 1 aromatic rings. The molecule has 1 N–H and O–H groups in total. The van der Waals surface area contributed by atoms with Gasteiger partial charge in [0.05, 0.1) is 17.3 Å². The molecule has 0 radical (unpaired) electrons. The minimum Gasteiger partial charge on any atom is -0.447 e. The van der Waals surface area contributed by atoms with E-state index in [1.54, 1.807) is 4.90 Å². The van der Waals surface area contributed by atoms with Gasteiger partial charge in [0.2, 0.25) is 0 Å². The van der Waals surface area contributed by atoms with E-state index >= 15 is 0 Å². The quantitative estimate of drug-likeness (QED) is 0.850. The number of anilines is 1. The standard InChI is InChI=1S/C16H19N3O3/c20-15(13-5-1-3-11-4-2-6-17-14(11)13)18-7-8-19-12(9-18)10-22-16(19)21/h1,3,5,12,17H,2,4,6-10H2. The zero-order valence-electron chi connectivity index (χ0n) is 12.4. The first-order valence-electron chi connectivity index (χ1n) is 7.82. The summed E-state index contributed by atoms with van der Waals surface area (Å²) < 4.78 is 5.06. The molecule has 2 saturated heterocycles. The van der Waals surface area contributed by atoms with Crippen LogP contribution >= 0.6 is 0 Å². The van der Waals surface area contributed by atoms with E-state index < -0.39 is 0 Å². The minimum atomic E-state index is -0.254. The predicted molar refractivity (Wildman–Crippen MR) is 81.0 cm³/mol. The van der Waals surface area contributed by atoms with Crippen LogP contribution in [0.1, 0.15) is 22.3 Å². The molecule has 0 spiro atoms. The van der Waals surface area contributed by atoms with Crippen LogP contribution in [0.5, 0.6) is 0 Å². The summed E-state index contributed by atoms with van der Waals surface area (Å²) in [5, 5.41) is 3.37. The number of ether oxygens (including phenoxy) is 1. The summed E-state index contributed by atoms with van der Waals surface area (Å²) in [6.07, 6.45) is 1.86. The van der Waals surface area contributed by atoms with Crippen molar-refractivity contribution in [2.24, 2.45) is 0 Å². The van der Waals surface area contributed by atoms with Gasteiger partial charge in [0.25, 0.3) is 5.91 Å². The van der Waals surface area contributed by atoms with Gasteiger partial charge in [-0.3, -0.25) is 9.69 Å². The summed E-state index contributed by atoms with van der Waals surface area (Å²) in [7, 11) is 0. The molecule has 0 aliphatic carbocycles. The van der Waals surface area contributed by atoms with E-state index in [1.165, 1.54) is 5.56 Å². The smallest absolute Gasteiger partial charge is 0.410 e. The lowest BCUT2D eigenvalue weighted by atomic mass is 9.98. The van der Waals surface area contributed by atoms with Crippen molar-refractivity contribution in [1.82, 2.24) is 9.80 Å². The van der Waals surface area contributed by atoms with Crippen molar-refractivity contribution in [1.29, 1.82) is 0 Å². The van der Waals surface area contributed by atoms with Crippen molar-refractivity contribution < 1.29 is 14.3 Å². The maximum atomic E-state index is 12.9. The second kappa shape index (κ2) is 5.19. The van der Waals surface area contributed by atoms with Gasteiger partial charge in [0.15, 0.2) is 0 Å². The largest absolute Gasteiger partial charge is 0.447 e. The van der Waals surface area contributed by atoms with Gasteiger partial charge in [-0.15, -0.1) is 0 Å². The lowest BCUT2D eigenvalue weighted by molar-refractivity contribution is 0.0617. The summed E-state index contributed by atoms with van der Waals surface area (Å²) in [4.78, 5) is 28.0. The molecule has 1 unspecified atom stereocenters. The van der Waals surface area contributed by atoms with Crippen molar-refractivity contribution in [3.8, 4) is 0 Å². The fourth-order valence-corrected chi connectivity index (χ4v) is 3.53. The number of amides is 2. The molecule has 22 heavy (non-hydrogen) atoms. The summed E-state index contributed by atoms with van der Waals surface area (Å²) in [5.41, 5.74) is 2.95. The van der Waals surface area contributed by atoms with E-state index in [2.05, 4.69) is 11.4 Å². The molecule has 1 aromatic carbocycles. The highest BCUT2D eigenvalue weighted by Gasteiger charge is 2.39. The number of benzene rings is 1. The normalized spacial score (nSPS) is 23.5. The number of fused-ring (bicyclic) bond motifs is 2. The number of hydrogen-bond acceptors (Lipinski definition) is 4. The van der Waals surface area contributed by atoms with E-state index in [4.69, 9.17) is 4.74 Å². The van der Waals surface area contributed by atoms with Gasteiger partial charge < -0.3 is 15.0 Å². The van der Waals surface area contributed by atoms with Crippen LogP contribution < -0.4 is 5.32 Å². The average Bonchev–Trinajstić information content (AvgIpc) is 2.94. The molecule has 2 amide bonds. The summed E-state index contributed by atoms with van der Waals surface area (Å²) in [6, 6.07) is 5.93. The zero-order valence-corrected chi connectivity index (χ0v) is 12.4. The maximum absolute atomic E-state index is 12.9. The molecule has 6 heteroatoms. The molecule has 0 saturated carbocycles. The Kier molecular flexibility index (Phi) is 3.17. The van der Waals surface area contributed by atoms with Crippen LogP contribution in [0.3, 0.4) is 0 Å². The second-order valence-corrected chi connectivity index (χ2v) is 6.05. The number of carbonyl (C=O) groups excluding carboxylic acids is 2. The van der Waals surface area contributed by atoms with Gasteiger partial charge in [0.1, 0.15) is 6.61 Å². The molecule has 3 heterocycles. The Balaban J connectivity index is 1.57. The van der Waals surface area contributed by atoms with E-state index in [0.717, 1.165) is 30.6 Å². The third kappa shape index (κ3) is 2.10. The summed E-state index contributed by atoms with van der Waals surface area (Å²) in [5.74, 6) is 0.0465. The Morgan fingerprint density at radius 2 is 2.23 bits per heavy atom. The first kappa shape index (κ1) is 13.4. The molecule has 0 aromatic heterocycles. The van der Waals surface area contributed by atoms with Crippen LogP contribution in [-0.2, 0) is 11.2 Å². The summed E-state index contributed by atoms with van der Waals surface area (Å²) >= 11 is 0. The number of cyclic esters (lactones) is 1. The molecule has 4 rings (SSSR count). The van der Waals surface area contributed by atoms with Gasteiger partial charge >= 0.3 is 6.09 Å². The number of aryl methyl sites for hydroxylation is 1. The molecule has 116 valence electrons. The van der Waals surface area contributed by atoms with Crippen molar-refractivity contribution in [3.63, 3.8) is 0 Å². The maximum Gasteiger partial charge on any atom is 0.410 e. The highest BCUT2D eigenvalue weighted by Crippen LogP contribution is 2.28. The van der Waals surface area contributed by atoms with Crippen LogP contribution in [0.4, 0.5) is 10.5 Å². The molecular formula is C16H19N3O3. The molecular weight excluding hydrogens is 282 g/mol. The van der Waals surface area contributed by atoms with Crippen molar-refractivity contribution in [3.05, 3.63) is 29.3 Å². The van der Waals surface area contributed by atoms with Crippen molar-refractivity contribution >= 4 is 17.7 Å². The number of hydrogen-bond donors (Lipinski definition) is 1. The Morgan fingerprint density at radius 1 is 1.32 bits per heavy atom. The van der Waals surface area contributed by atoms with Crippen LogP contribution in [0.2, 0.25) is 0 Å². The van der Waals surface area contributed by atoms with Crippen molar-refractivity contribution in [2.45, 2.75) is 18.9 Å². The second-order valence-electron chi connectivity index (χ2n) is 6.05. The topological polar surface area (TPSA) is 61.9 Å². The highest BCUT2D eigenvalue weighted by atomic mass is 16.6. The van der Waals surface area contributed by atoms with E-state index in [-0.39, 0.29) is 18.0 Å². The number of carbonyl (C=O) groups is 2. The first-order valence-corrected chi connectivity index (χ1v) is 7.82. The fourth-order valence-electron chi connectivity index (χ4n) is 3.53. The van der Waals surface area contributed by atoms with E-state index in [0.29, 0.717) is 26.2 Å². The molecule has 3 aliphatic heterocycles. The van der Waals surface area contributed by atoms with Crippen LogP contribution in [0.15, 0.2) is 18.2 Å². The fraction of sp³-hybridized carbons (Fsp3) is 0.500. The lowest BCUT2D eigenvalue weighted by Crippen LogP contribution is -2.53. The molecule has 6 nitrogen and oxygen atoms in total. The number of nitrogens with zero attached hydrogens (tertiary/aromatic N) is 2.